The van der Waals surface area contributed by atoms with Crippen LogP contribution in [0.3, 0.4) is 0 Å². The number of halogens is 1. The molecule has 0 atom stereocenters. The lowest BCUT2D eigenvalue weighted by atomic mass is 10.1. The predicted octanol–water partition coefficient (Wildman–Crippen LogP) is 3.80. The van der Waals surface area contributed by atoms with Gasteiger partial charge in [-0.2, -0.15) is 0 Å². The molecule has 0 bridgehead atoms. The zero-order valence-corrected chi connectivity index (χ0v) is 13.5. The van der Waals surface area contributed by atoms with Crippen LogP contribution in [0.25, 0.3) is 11.3 Å². The van der Waals surface area contributed by atoms with Crippen molar-refractivity contribution >= 4 is 22.6 Å². The minimum Gasteiger partial charge on any atom is -0.441 e. The number of nitrogens with one attached hydrogen (secondary N) is 1. The summed E-state index contributed by atoms with van der Waals surface area (Å²) in [5.74, 6) is 1.69. The molecule has 0 amide bonds. The van der Waals surface area contributed by atoms with Gasteiger partial charge < -0.3 is 9.73 Å². The van der Waals surface area contributed by atoms with E-state index in [4.69, 9.17) is 4.42 Å². The van der Waals surface area contributed by atoms with Crippen LogP contribution < -0.4 is 5.32 Å². The van der Waals surface area contributed by atoms with Gasteiger partial charge >= 0.3 is 0 Å². The van der Waals surface area contributed by atoms with Gasteiger partial charge in [0.05, 0.1) is 6.20 Å². The summed E-state index contributed by atoms with van der Waals surface area (Å²) < 4.78 is 7.07. The molecule has 0 saturated carbocycles. The number of aromatic nitrogens is 1. The lowest BCUT2D eigenvalue weighted by Gasteiger charge is -2.03. The molecule has 102 valence electrons. The first-order valence-electron chi connectivity index (χ1n) is 6.63. The molecule has 3 nitrogen and oxygen atoms in total. The minimum atomic E-state index is 0.824. The molecular formula is C15H19IN2O. The summed E-state index contributed by atoms with van der Waals surface area (Å²) in [6.07, 6.45) is 3.77. The van der Waals surface area contributed by atoms with Crippen molar-refractivity contribution in [3.05, 3.63) is 39.4 Å². The van der Waals surface area contributed by atoms with Gasteiger partial charge in [0.1, 0.15) is 0 Å². The minimum absolute atomic E-state index is 0.824. The molecule has 2 rings (SSSR count). The van der Waals surface area contributed by atoms with Gasteiger partial charge in [0, 0.05) is 15.6 Å². The molecule has 0 aliphatic heterocycles. The molecule has 1 N–H and O–H groups in total. The second-order valence-electron chi connectivity index (χ2n) is 4.51. The van der Waals surface area contributed by atoms with Gasteiger partial charge in [0.2, 0.25) is 0 Å². The molecule has 1 aromatic carbocycles. The third-order valence-corrected chi connectivity index (χ3v) is 4.44. The van der Waals surface area contributed by atoms with Crippen LogP contribution in [0.5, 0.6) is 0 Å². The number of aryl methyl sites for hydroxylation is 2. The highest BCUT2D eigenvalue weighted by molar-refractivity contribution is 14.1. The quantitative estimate of drug-likeness (QED) is 0.621. The maximum absolute atomic E-state index is 5.84. The van der Waals surface area contributed by atoms with Gasteiger partial charge in [-0.25, -0.2) is 4.98 Å². The molecule has 4 heteroatoms. The Morgan fingerprint density at radius 3 is 3.00 bits per heavy atom. The molecule has 0 spiro atoms. The van der Waals surface area contributed by atoms with Crippen LogP contribution >= 0.6 is 22.6 Å². The summed E-state index contributed by atoms with van der Waals surface area (Å²) in [7, 11) is 0. The SMILES string of the molecule is CCNCCCc1ncc(-c2cccc(C)c2I)o1. The molecule has 2 aromatic rings. The molecule has 0 aliphatic rings. The van der Waals surface area contributed by atoms with Crippen molar-refractivity contribution in [3.63, 3.8) is 0 Å². The Kier molecular flexibility index (Phi) is 5.39. The molecule has 0 radical (unpaired) electrons. The zero-order valence-electron chi connectivity index (χ0n) is 11.4. The summed E-state index contributed by atoms with van der Waals surface area (Å²) in [4.78, 5) is 4.36. The Morgan fingerprint density at radius 2 is 2.21 bits per heavy atom. The van der Waals surface area contributed by atoms with E-state index in [9.17, 15) is 0 Å². The molecule has 19 heavy (non-hydrogen) atoms. The Hall–Kier alpha value is -0.880. The highest BCUT2D eigenvalue weighted by Crippen LogP contribution is 2.28. The fraction of sp³-hybridized carbons (Fsp3) is 0.400. The summed E-state index contributed by atoms with van der Waals surface area (Å²) in [5.41, 5.74) is 2.40. The van der Waals surface area contributed by atoms with Crippen molar-refractivity contribution in [3.8, 4) is 11.3 Å². The summed E-state index contributed by atoms with van der Waals surface area (Å²) in [6, 6.07) is 6.25. The van der Waals surface area contributed by atoms with E-state index in [2.05, 4.69) is 64.9 Å². The number of oxazole rings is 1. The second kappa shape index (κ2) is 7.05. The Bertz CT molecular complexity index is 537. The fourth-order valence-corrected chi connectivity index (χ4v) is 2.55. The third kappa shape index (κ3) is 3.79. The molecule has 0 fully saturated rings. The monoisotopic (exact) mass is 370 g/mol. The van der Waals surface area contributed by atoms with E-state index in [1.54, 1.807) is 0 Å². The highest BCUT2D eigenvalue weighted by Gasteiger charge is 2.10. The first kappa shape index (κ1) is 14.5. The van der Waals surface area contributed by atoms with Gasteiger partial charge in [-0.15, -0.1) is 0 Å². The number of benzene rings is 1. The van der Waals surface area contributed by atoms with Crippen molar-refractivity contribution in [1.82, 2.24) is 10.3 Å². The predicted molar refractivity (Wildman–Crippen MR) is 86.3 cm³/mol. The summed E-state index contributed by atoms with van der Waals surface area (Å²) in [5, 5.41) is 3.30. The fourth-order valence-electron chi connectivity index (χ4n) is 1.93. The van der Waals surface area contributed by atoms with Crippen LogP contribution in [0.4, 0.5) is 0 Å². The molecule has 1 aromatic heterocycles. The number of hydrogen-bond acceptors (Lipinski definition) is 3. The van der Waals surface area contributed by atoms with E-state index in [1.807, 2.05) is 6.20 Å². The Balaban J connectivity index is 2.06. The molecule has 1 heterocycles. The second-order valence-corrected chi connectivity index (χ2v) is 5.59. The average Bonchev–Trinajstić information content (AvgIpc) is 2.87. The van der Waals surface area contributed by atoms with Crippen molar-refractivity contribution in [2.24, 2.45) is 0 Å². The van der Waals surface area contributed by atoms with E-state index in [-0.39, 0.29) is 0 Å². The van der Waals surface area contributed by atoms with Crippen LogP contribution in [0, 0.1) is 10.5 Å². The normalized spacial score (nSPS) is 10.9. The zero-order chi connectivity index (χ0) is 13.7. The van der Waals surface area contributed by atoms with E-state index in [0.717, 1.165) is 43.1 Å². The molecule has 0 saturated heterocycles. The van der Waals surface area contributed by atoms with Crippen LogP contribution in [0.15, 0.2) is 28.8 Å². The lowest BCUT2D eigenvalue weighted by Crippen LogP contribution is -2.14. The number of nitrogens with zero attached hydrogens (tertiary/aromatic N) is 1. The van der Waals surface area contributed by atoms with Crippen LogP contribution in [-0.2, 0) is 6.42 Å². The lowest BCUT2D eigenvalue weighted by molar-refractivity contribution is 0.493. The van der Waals surface area contributed by atoms with Crippen molar-refractivity contribution in [2.75, 3.05) is 13.1 Å². The van der Waals surface area contributed by atoms with Crippen LogP contribution in [0.2, 0.25) is 0 Å². The van der Waals surface area contributed by atoms with Gasteiger partial charge in [0.15, 0.2) is 11.7 Å². The highest BCUT2D eigenvalue weighted by atomic mass is 127. The Morgan fingerprint density at radius 1 is 1.37 bits per heavy atom. The van der Waals surface area contributed by atoms with E-state index in [1.165, 1.54) is 9.13 Å². The Labute approximate surface area is 128 Å². The average molecular weight is 370 g/mol. The maximum atomic E-state index is 5.84. The smallest absolute Gasteiger partial charge is 0.194 e. The summed E-state index contributed by atoms with van der Waals surface area (Å²) >= 11 is 2.36. The van der Waals surface area contributed by atoms with Gasteiger partial charge in [-0.05, 0) is 54.6 Å². The van der Waals surface area contributed by atoms with Gasteiger partial charge in [0.25, 0.3) is 0 Å². The van der Waals surface area contributed by atoms with Gasteiger partial charge in [-0.3, -0.25) is 0 Å². The standard InChI is InChI=1S/C15H19IN2O/c1-3-17-9-5-8-14-18-10-13(19-14)12-7-4-6-11(2)15(12)16/h4,6-7,10,17H,3,5,8-9H2,1-2H3. The van der Waals surface area contributed by atoms with E-state index >= 15 is 0 Å². The van der Waals surface area contributed by atoms with Crippen molar-refractivity contribution in [2.45, 2.75) is 26.7 Å². The van der Waals surface area contributed by atoms with E-state index < -0.39 is 0 Å². The van der Waals surface area contributed by atoms with Crippen LogP contribution in [-0.4, -0.2) is 18.1 Å². The first-order valence-corrected chi connectivity index (χ1v) is 7.71. The molecule has 0 unspecified atom stereocenters. The molecular weight excluding hydrogens is 351 g/mol. The number of hydrogen-bond donors (Lipinski definition) is 1. The first-order chi connectivity index (χ1) is 9.22. The number of rotatable bonds is 6. The summed E-state index contributed by atoms with van der Waals surface area (Å²) in [6.45, 7) is 6.25. The molecule has 0 aliphatic carbocycles. The van der Waals surface area contributed by atoms with Crippen molar-refractivity contribution < 1.29 is 4.42 Å². The van der Waals surface area contributed by atoms with Crippen LogP contribution in [0.1, 0.15) is 24.8 Å². The van der Waals surface area contributed by atoms with E-state index in [0.29, 0.717) is 0 Å². The van der Waals surface area contributed by atoms with Gasteiger partial charge in [-0.1, -0.05) is 25.1 Å². The largest absolute Gasteiger partial charge is 0.441 e. The topological polar surface area (TPSA) is 38.1 Å². The maximum Gasteiger partial charge on any atom is 0.194 e. The third-order valence-electron chi connectivity index (χ3n) is 3.01. The van der Waals surface area contributed by atoms with Crippen molar-refractivity contribution in [1.29, 1.82) is 0 Å².